The lowest BCUT2D eigenvalue weighted by molar-refractivity contribution is -0.0384. The SMILES string of the molecule is Nc1ncnc2c1ncn2[C@H]1C[C@@H](O)[C@@H](CO[PH](=O)O)O1. The van der Waals surface area contributed by atoms with Crippen LogP contribution in [0.4, 0.5) is 5.82 Å². The van der Waals surface area contributed by atoms with E-state index in [1.807, 2.05) is 0 Å². The molecule has 21 heavy (non-hydrogen) atoms. The van der Waals surface area contributed by atoms with Crippen molar-refractivity contribution in [1.29, 1.82) is 0 Å². The molecule has 11 heteroatoms. The molecule has 1 aliphatic rings. The standard InChI is InChI=1S/C10H14N5O5P/c11-9-8-10(13-3-12-9)15(4-14-8)7-1-5(16)6(20-7)2-19-21(17)18/h3-7,16,21H,1-2H2,(H,17,18)(H2,11,12,13)/t5-,6-,7-/m1/s1. The van der Waals surface area contributed by atoms with Gasteiger partial charge >= 0.3 is 8.25 Å². The molecule has 0 saturated carbocycles. The van der Waals surface area contributed by atoms with E-state index in [0.717, 1.165) is 0 Å². The molecule has 1 aliphatic heterocycles. The lowest BCUT2D eigenvalue weighted by Crippen LogP contribution is -2.25. The summed E-state index contributed by atoms with van der Waals surface area (Å²) in [4.78, 5) is 20.7. The van der Waals surface area contributed by atoms with Gasteiger partial charge in [0.25, 0.3) is 0 Å². The van der Waals surface area contributed by atoms with Gasteiger partial charge in [-0.2, -0.15) is 0 Å². The minimum absolute atomic E-state index is 0.157. The zero-order valence-corrected chi connectivity index (χ0v) is 11.8. The van der Waals surface area contributed by atoms with Gasteiger partial charge in [-0.05, 0) is 0 Å². The average Bonchev–Trinajstić information content (AvgIpc) is 3.01. The van der Waals surface area contributed by atoms with E-state index >= 15 is 0 Å². The Bertz CT molecular complexity index is 679. The molecule has 0 aromatic carbocycles. The molecule has 3 heterocycles. The quantitative estimate of drug-likeness (QED) is 0.633. The second-order valence-electron chi connectivity index (χ2n) is 4.59. The van der Waals surface area contributed by atoms with Crippen molar-refractivity contribution in [2.45, 2.75) is 24.9 Å². The lowest BCUT2D eigenvalue weighted by atomic mass is 10.2. The summed E-state index contributed by atoms with van der Waals surface area (Å²) in [5, 5.41) is 9.93. The maximum absolute atomic E-state index is 10.6. The Morgan fingerprint density at radius 2 is 2.33 bits per heavy atom. The first kappa shape index (κ1) is 14.4. The number of hydrogen-bond acceptors (Lipinski definition) is 8. The molecule has 0 spiro atoms. The molecule has 4 atom stereocenters. The van der Waals surface area contributed by atoms with E-state index in [1.165, 1.54) is 12.7 Å². The van der Waals surface area contributed by atoms with Crippen LogP contribution in [-0.4, -0.2) is 48.3 Å². The molecule has 3 rings (SSSR count). The molecule has 0 radical (unpaired) electrons. The second-order valence-corrected chi connectivity index (χ2v) is 5.41. The number of anilines is 1. The molecule has 0 amide bonds. The monoisotopic (exact) mass is 315 g/mol. The summed E-state index contributed by atoms with van der Waals surface area (Å²) in [7, 11) is -3.05. The van der Waals surface area contributed by atoms with E-state index in [1.54, 1.807) is 4.57 Å². The summed E-state index contributed by atoms with van der Waals surface area (Å²) in [5.74, 6) is 0.260. The average molecular weight is 315 g/mol. The maximum atomic E-state index is 10.6. The van der Waals surface area contributed by atoms with Crippen molar-refractivity contribution in [3.63, 3.8) is 0 Å². The number of fused-ring (bicyclic) bond motifs is 1. The number of aliphatic hydroxyl groups is 1. The summed E-state index contributed by atoms with van der Waals surface area (Å²) >= 11 is 0. The number of hydrogen-bond donors (Lipinski definition) is 3. The summed E-state index contributed by atoms with van der Waals surface area (Å²) in [6, 6.07) is 0. The van der Waals surface area contributed by atoms with Crippen LogP contribution in [0.2, 0.25) is 0 Å². The van der Waals surface area contributed by atoms with Crippen molar-refractivity contribution < 1.29 is 23.8 Å². The van der Waals surface area contributed by atoms with Crippen LogP contribution in [0.5, 0.6) is 0 Å². The fourth-order valence-corrected chi connectivity index (χ4v) is 2.58. The van der Waals surface area contributed by atoms with Gasteiger partial charge in [0.1, 0.15) is 24.2 Å². The zero-order valence-electron chi connectivity index (χ0n) is 10.8. The third-order valence-corrected chi connectivity index (χ3v) is 3.69. The molecular formula is C10H14N5O5P. The van der Waals surface area contributed by atoms with Crippen LogP contribution < -0.4 is 5.73 Å². The first-order valence-corrected chi connectivity index (χ1v) is 7.45. The van der Waals surface area contributed by atoms with Crippen LogP contribution in [0.1, 0.15) is 12.6 Å². The van der Waals surface area contributed by atoms with Gasteiger partial charge in [0.05, 0.1) is 19.0 Å². The predicted octanol–water partition coefficient (Wildman–Crippen LogP) is -0.545. The fraction of sp³-hybridized carbons (Fsp3) is 0.500. The van der Waals surface area contributed by atoms with Crippen LogP contribution in [0, 0.1) is 0 Å². The van der Waals surface area contributed by atoms with E-state index in [0.29, 0.717) is 11.2 Å². The van der Waals surface area contributed by atoms with E-state index in [4.69, 9.17) is 15.4 Å². The number of aromatic nitrogens is 4. The molecule has 114 valence electrons. The molecule has 4 N–H and O–H groups in total. The molecule has 1 saturated heterocycles. The van der Waals surface area contributed by atoms with Gasteiger partial charge in [0.15, 0.2) is 11.5 Å². The zero-order chi connectivity index (χ0) is 15.0. The molecule has 1 unspecified atom stereocenters. The summed E-state index contributed by atoms with van der Waals surface area (Å²) in [6.07, 6.45) is 1.11. The molecule has 0 aliphatic carbocycles. The van der Waals surface area contributed by atoms with Gasteiger partial charge in [-0.25, -0.2) is 15.0 Å². The Balaban J connectivity index is 1.81. The Morgan fingerprint density at radius 3 is 3.10 bits per heavy atom. The molecule has 10 nitrogen and oxygen atoms in total. The minimum atomic E-state index is -3.05. The van der Waals surface area contributed by atoms with Crippen molar-refractivity contribution in [1.82, 2.24) is 19.5 Å². The van der Waals surface area contributed by atoms with Gasteiger partial charge in [-0.1, -0.05) is 0 Å². The van der Waals surface area contributed by atoms with Crippen molar-refractivity contribution in [2.24, 2.45) is 0 Å². The van der Waals surface area contributed by atoms with E-state index in [2.05, 4.69) is 19.5 Å². The lowest BCUT2D eigenvalue weighted by Gasteiger charge is -2.14. The van der Waals surface area contributed by atoms with Gasteiger partial charge in [0, 0.05) is 6.42 Å². The molecule has 2 aromatic rings. The van der Waals surface area contributed by atoms with Crippen molar-refractivity contribution >= 4 is 25.2 Å². The molecule has 2 aromatic heterocycles. The van der Waals surface area contributed by atoms with Gasteiger partial charge in [0.2, 0.25) is 0 Å². The highest BCUT2D eigenvalue weighted by molar-refractivity contribution is 7.32. The largest absolute Gasteiger partial charge is 0.390 e. The second kappa shape index (κ2) is 5.66. The van der Waals surface area contributed by atoms with Crippen LogP contribution in [-0.2, 0) is 13.8 Å². The van der Waals surface area contributed by atoms with Gasteiger partial charge < -0.3 is 25.0 Å². The van der Waals surface area contributed by atoms with Gasteiger partial charge in [-0.3, -0.25) is 9.13 Å². The number of nitrogens with two attached hydrogens (primary N) is 1. The molecule has 0 bridgehead atoms. The fourth-order valence-electron chi connectivity index (χ4n) is 2.27. The first-order valence-electron chi connectivity index (χ1n) is 6.18. The Labute approximate surface area is 119 Å². The number of ether oxygens (including phenoxy) is 1. The predicted molar refractivity (Wildman–Crippen MR) is 71.4 cm³/mol. The normalized spacial score (nSPS) is 27.2. The Morgan fingerprint density at radius 1 is 1.52 bits per heavy atom. The summed E-state index contributed by atoms with van der Waals surface area (Å²) < 4.78 is 22.4. The molecule has 1 fully saturated rings. The number of rotatable bonds is 4. The van der Waals surface area contributed by atoms with Crippen molar-refractivity contribution in [3.05, 3.63) is 12.7 Å². The smallest absolute Gasteiger partial charge is 0.316 e. The van der Waals surface area contributed by atoms with Crippen LogP contribution >= 0.6 is 8.25 Å². The Kier molecular flexibility index (Phi) is 3.87. The van der Waals surface area contributed by atoms with Crippen LogP contribution in [0.3, 0.4) is 0 Å². The summed E-state index contributed by atoms with van der Waals surface area (Å²) in [5.41, 5.74) is 6.66. The van der Waals surface area contributed by atoms with Crippen LogP contribution in [0.25, 0.3) is 11.2 Å². The third kappa shape index (κ3) is 2.76. The third-order valence-electron chi connectivity index (χ3n) is 3.27. The van der Waals surface area contributed by atoms with Gasteiger partial charge in [-0.15, -0.1) is 0 Å². The summed E-state index contributed by atoms with van der Waals surface area (Å²) in [6.45, 7) is -0.157. The number of imidazole rings is 1. The first-order chi connectivity index (χ1) is 10.1. The minimum Gasteiger partial charge on any atom is -0.390 e. The maximum Gasteiger partial charge on any atom is 0.316 e. The van der Waals surface area contributed by atoms with Crippen molar-refractivity contribution in [3.8, 4) is 0 Å². The van der Waals surface area contributed by atoms with Crippen LogP contribution in [0.15, 0.2) is 12.7 Å². The highest BCUT2D eigenvalue weighted by Gasteiger charge is 2.36. The highest BCUT2D eigenvalue weighted by Crippen LogP contribution is 2.32. The van der Waals surface area contributed by atoms with E-state index < -0.39 is 26.7 Å². The number of nitrogen functional groups attached to an aromatic ring is 1. The Hall–Kier alpha value is -1.58. The van der Waals surface area contributed by atoms with E-state index in [-0.39, 0.29) is 18.8 Å². The number of nitrogens with zero attached hydrogens (tertiary/aromatic N) is 4. The highest BCUT2D eigenvalue weighted by atomic mass is 31.1. The topological polar surface area (TPSA) is 146 Å². The van der Waals surface area contributed by atoms with E-state index in [9.17, 15) is 9.67 Å². The van der Waals surface area contributed by atoms with Crippen molar-refractivity contribution in [2.75, 3.05) is 12.3 Å². The number of aliphatic hydroxyl groups excluding tert-OH is 1. The molecular weight excluding hydrogens is 301 g/mol.